The van der Waals surface area contributed by atoms with E-state index >= 15 is 0 Å². The van der Waals surface area contributed by atoms with E-state index in [9.17, 15) is 0 Å². The van der Waals surface area contributed by atoms with Crippen LogP contribution in [0.1, 0.15) is 52.7 Å². The molecule has 1 heteroatoms. The highest BCUT2D eigenvalue weighted by Gasteiger charge is 2.58. The summed E-state index contributed by atoms with van der Waals surface area (Å²) < 4.78 is 2.40. The fourth-order valence-corrected chi connectivity index (χ4v) is 13.3. The predicted molar refractivity (Wildman–Crippen MR) is 284 cm³/mol. The molecule has 0 radical (unpaired) electrons. The van der Waals surface area contributed by atoms with E-state index in [1.165, 1.54) is 126 Å². The lowest BCUT2D eigenvalue weighted by Gasteiger charge is -2.53. The van der Waals surface area contributed by atoms with Gasteiger partial charge < -0.3 is 4.57 Å². The Balaban J connectivity index is 1.10. The Morgan fingerprint density at radius 2 is 0.788 bits per heavy atom. The number of fused-ring (bicyclic) bond motifs is 14. The third kappa shape index (κ3) is 5.17. The first-order valence-corrected chi connectivity index (χ1v) is 23.6. The first-order chi connectivity index (χ1) is 32.0. The van der Waals surface area contributed by atoms with Crippen molar-refractivity contribution >= 4 is 75.7 Å². The predicted octanol–water partition coefficient (Wildman–Crippen LogP) is 18.2. The van der Waals surface area contributed by atoms with Crippen LogP contribution >= 0.6 is 0 Å². The monoisotopic (exact) mass is 845 g/mol. The van der Waals surface area contributed by atoms with E-state index in [4.69, 9.17) is 0 Å². The number of hydrogen-bond donors (Lipinski definition) is 0. The molecule has 316 valence electrons. The van der Waals surface area contributed by atoms with Crippen LogP contribution in [-0.2, 0) is 5.41 Å². The van der Waals surface area contributed by atoms with Crippen molar-refractivity contribution in [3.05, 3.63) is 211 Å². The van der Waals surface area contributed by atoms with Gasteiger partial charge in [0.15, 0.2) is 0 Å². The summed E-state index contributed by atoms with van der Waals surface area (Å²) in [4.78, 5) is 0. The molecule has 1 nitrogen and oxygen atoms in total. The molecular weight excluding hydrogens is 795 g/mol. The SMILES string of the molecule is CC(C)(C)C1(C(C)(C)C)c2cc3ccccc3cc2-c2c1c1ccc(-c3c4ccccc4c(-c4ccc5c(c4)c4ccccc4n5-c4ccccc4)c4ccccc34)cc1c1ccccc21. The molecule has 0 fully saturated rings. The van der Waals surface area contributed by atoms with E-state index in [0.717, 1.165) is 0 Å². The van der Waals surface area contributed by atoms with Gasteiger partial charge in [0, 0.05) is 21.9 Å². The van der Waals surface area contributed by atoms with Crippen LogP contribution in [0.3, 0.4) is 0 Å². The number of para-hydroxylation sites is 2. The molecule has 1 aliphatic rings. The molecule has 0 saturated heterocycles. The lowest BCUT2D eigenvalue weighted by Crippen LogP contribution is -2.50. The second kappa shape index (κ2) is 13.8. The van der Waals surface area contributed by atoms with Gasteiger partial charge in [0.05, 0.1) is 11.0 Å². The van der Waals surface area contributed by atoms with Crippen molar-refractivity contribution in [1.29, 1.82) is 0 Å². The van der Waals surface area contributed by atoms with Gasteiger partial charge in [-0.25, -0.2) is 0 Å². The smallest absolute Gasteiger partial charge is 0.0541 e. The molecule has 0 N–H and O–H groups in total. The van der Waals surface area contributed by atoms with Gasteiger partial charge >= 0.3 is 0 Å². The van der Waals surface area contributed by atoms with Crippen LogP contribution in [0.25, 0.3) is 115 Å². The zero-order valence-electron chi connectivity index (χ0n) is 38.5. The molecule has 1 aliphatic carbocycles. The summed E-state index contributed by atoms with van der Waals surface area (Å²) in [7, 11) is 0. The van der Waals surface area contributed by atoms with E-state index in [0.29, 0.717) is 0 Å². The van der Waals surface area contributed by atoms with E-state index in [1.54, 1.807) is 0 Å². The third-order valence-electron chi connectivity index (χ3n) is 15.4. The zero-order valence-corrected chi connectivity index (χ0v) is 38.5. The van der Waals surface area contributed by atoms with Crippen molar-refractivity contribution < 1.29 is 0 Å². The molecular formula is C65H51N. The van der Waals surface area contributed by atoms with Crippen LogP contribution in [0, 0.1) is 10.8 Å². The summed E-state index contributed by atoms with van der Waals surface area (Å²) in [6.07, 6.45) is 0. The highest BCUT2D eigenvalue weighted by molar-refractivity contribution is 6.25. The summed E-state index contributed by atoms with van der Waals surface area (Å²) in [5.74, 6) is 0. The molecule has 0 bridgehead atoms. The van der Waals surface area contributed by atoms with Gasteiger partial charge in [0.1, 0.15) is 0 Å². The van der Waals surface area contributed by atoms with Crippen molar-refractivity contribution in [2.45, 2.75) is 47.0 Å². The fourth-order valence-electron chi connectivity index (χ4n) is 13.3. The molecule has 12 aromatic rings. The standard InChI is InChI=1S/C65H51N/c1-63(2,3)65(64(4,5)6)56-39-41-21-11-10-20-40(41)36-55(56)61-47-26-13-12-24-45(47)53-37-42(32-34-52(53)62(61)65)59-48-27-14-16-29-50(48)60(51-30-17-15-28-49(51)59)43-33-35-58-54(38-43)46-25-18-19-31-57(46)66(58)44-22-8-7-9-23-44/h7-39H,1-6H3. The highest BCUT2D eigenvalue weighted by Crippen LogP contribution is 2.67. The van der Waals surface area contributed by atoms with Crippen LogP contribution in [0.15, 0.2) is 200 Å². The van der Waals surface area contributed by atoms with Gasteiger partial charge in [0.2, 0.25) is 0 Å². The lowest BCUT2D eigenvalue weighted by atomic mass is 9.49. The van der Waals surface area contributed by atoms with Gasteiger partial charge in [0.25, 0.3) is 0 Å². The van der Waals surface area contributed by atoms with Crippen LogP contribution in [0.2, 0.25) is 0 Å². The van der Waals surface area contributed by atoms with Crippen molar-refractivity contribution in [3.63, 3.8) is 0 Å². The van der Waals surface area contributed by atoms with Gasteiger partial charge in [-0.1, -0.05) is 193 Å². The molecule has 0 amide bonds. The molecule has 1 heterocycles. The van der Waals surface area contributed by atoms with Crippen LogP contribution < -0.4 is 0 Å². The quantitative estimate of drug-likeness (QED) is 0.123. The van der Waals surface area contributed by atoms with Gasteiger partial charge in [-0.2, -0.15) is 0 Å². The molecule has 13 rings (SSSR count). The largest absolute Gasteiger partial charge is 0.309 e. The number of rotatable bonds is 3. The number of hydrogen-bond acceptors (Lipinski definition) is 0. The molecule has 0 saturated carbocycles. The molecule has 1 aromatic heterocycles. The lowest BCUT2D eigenvalue weighted by molar-refractivity contribution is 0.0965. The maximum absolute atomic E-state index is 2.54. The van der Waals surface area contributed by atoms with Gasteiger partial charge in [-0.15, -0.1) is 0 Å². The molecule has 0 atom stereocenters. The highest BCUT2D eigenvalue weighted by atomic mass is 15.0. The van der Waals surface area contributed by atoms with E-state index in [-0.39, 0.29) is 16.2 Å². The Morgan fingerprint density at radius 1 is 0.333 bits per heavy atom. The minimum absolute atomic E-state index is 0.108. The minimum atomic E-state index is -0.284. The number of aromatic nitrogens is 1. The first-order valence-electron chi connectivity index (χ1n) is 23.6. The van der Waals surface area contributed by atoms with E-state index < -0.39 is 0 Å². The average molecular weight is 846 g/mol. The second-order valence-electron chi connectivity index (χ2n) is 20.8. The maximum Gasteiger partial charge on any atom is 0.0541 e. The van der Waals surface area contributed by atoms with Crippen LogP contribution in [0.5, 0.6) is 0 Å². The Kier molecular flexibility index (Phi) is 8.12. The summed E-state index contributed by atoms with van der Waals surface area (Å²) in [5.41, 5.74) is 13.8. The second-order valence-corrected chi connectivity index (χ2v) is 20.8. The van der Waals surface area contributed by atoms with Gasteiger partial charge in [-0.3, -0.25) is 0 Å². The third-order valence-corrected chi connectivity index (χ3v) is 15.4. The normalized spacial score (nSPS) is 13.7. The summed E-state index contributed by atoms with van der Waals surface area (Å²) >= 11 is 0. The van der Waals surface area contributed by atoms with Crippen LogP contribution in [-0.4, -0.2) is 4.57 Å². The average Bonchev–Trinajstić information content (AvgIpc) is 3.83. The topological polar surface area (TPSA) is 4.93 Å². The summed E-state index contributed by atoms with van der Waals surface area (Å²) in [6.45, 7) is 14.8. The molecule has 66 heavy (non-hydrogen) atoms. The summed E-state index contributed by atoms with van der Waals surface area (Å²) in [5, 5.41) is 15.5. The fraction of sp³-hybridized carbons (Fsp3) is 0.138. The summed E-state index contributed by atoms with van der Waals surface area (Å²) in [6, 6.07) is 75.5. The minimum Gasteiger partial charge on any atom is -0.309 e. The van der Waals surface area contributed by atoms with Crippen molar-refractivity contribution in [2.75, 3.05) is 0 Å². The Bertz CT molecular complexity index is 3930. The molecule has 0 unspecified atom stereocenters. The van der Waals surface area contributed by atoms with Crippen molar-refractivity contribution in [3.8, 4) is 39.1 Å². The molecule has 11 aromatic carbocycles. The Labute approximate surface area is 386 Å². The number of benzene rings is 11. The number of nitrogens with zero attached hydrogens (tertiary/aromatic N) is 1. The Hall–Kier alpha value is -7.48. The van der Waals surface area contributed by atoms with E-state index in [1.807, 2.05) is 0 Å². The van der Waals surface area contributed by atoms with Crippen LogP contribution in [0.4, 0.5) is 0 Å². The maximum atomic E-state index is 2.54. The van der Waals surface area contributed by atoms with Crippen molar-refractivity contribution in [1.82, 2.24) is 4.57 Å². The zero-order chi connectivity index (χ0) is 44.7. The van der Waals surface area contributed by atoms with Gasteiger partial charge in [-0.05, 0) is 158 Å². The Morgan fingerprint density at radius 3 is 1.38 bits per heavy atom. The molecule has 0 spiro atoms. The van der Waals surface area contributed by atoms with Crippen molar-refractivity contribution in [2.24, 2.45) is 10.8 Å². The molecule has 0 aliphatic heterocycles. The van der Waals surface area contributed by atoms with E-state index in [2.05, 4.69) is 246 Å². The first kappa shape index (κ1) is 38.9.